The van der Waals surface area contributed by atoms with E-state index in [1.165, 1.54) is 24.1 Å². The van der Waals surface area contributed by atoms with E-state index in [0.29, 0.717) is 0 Å². The molecule has 0 saturated carbocycles. The first-order valence-corrected chi connectivity index (χ1v) is 7.73. The van der Waals surface area contributed by atoms with Crippen LogP contribution < -0.4 is 5.32 Å². The van der Waals surface area contributed by atoms with Crippen molar-refractivity contribution in [2.75, 3.05) is 18.9 Å². The lowest BCUT2D eigenvalue weighted by atomic mass is 9.87. The second-order valence-electron chi connectivity index (χ2n) is 5.87. The van der Waals surface area contributed by atoms with Crippen molar-refractivity contribution < 1.29 is 4.79 Å². The van der Waals surface area contributed by atoms with Crippen molar-refractivity contribution in [3.63, 3.8) is 0 Å². The van der Waals surface area contributed by atoms with Crippen LogP contribution in [0, 0.1) is 5.92 Å². The molecule has 0 saturated heterocycles. The molecular formula is C17H26N2O. The van der Waals surface area contributed by atoms with Gasteiger partial charge in [-0.25, -0.2) is 0 Å². The van der Waals surface area contributed by atoms with Crippen molar-refractivity contribution in [1.82, 2.24) is 4.90 Å². The zero-order chi connectivity index (χ0) is 14.5. The number of nitrogens with zero attached hydrogens (tertiary/aromatic N) is 1. The van der Waals surface area contributed by atoms with Crippen LogP contribution in [0.1, 0.15) is 38.7 Å². The summed E-state index contributed by atoms with van der Waals surface area (Å²) in [7, 11) is 1.94. The Morgan fingerprint density at radius 1 is 1.35 bits per heavy atom. The van der Waals surface area contributed by atoms with Gasteiger partial charge in [-0.2, -0.15) is 0 Å². The van der Waals surface area contributed by atoms with E-state index in [-0.39, 0.29) is 17.9 Å². The maximum Gasteiger partial charge on any atom is 0.227 e. The molecule has 1 aromatic rings. The maximum absolute atomic E-state index is 12.6. The van der Waals surface area contributed by atoms with Crippen molar-refractivity contribution in [2.24, 2.45) is 5.92 Å². The Morgan fingerprint density at radius 2 is 2.10 bits per heavy atom. The Kier molecular flexibility index (Phi) is 5.05. The Bertz CT molecular complexity index is 458. The zero-order valence-electron chi connectivity index (χ0n) is 12.9. The normalized spacial score (nSPS) is 20.9. The van der Waals surface area contributed by atoms with Gasteiger partial charge in [-0.05, 0) is 31.4 Å². The van der Waals surface area contributed by atoms with E-state index < -0.39 is 0 Å². The number of anilines is 1. The molecule has 1 N–H and O–H groups in total. The van der Waals surface area contributed by atoms with E-state index >= 15 is 0 Å². The Hall–Kier alpha value is -1.51. The molecule has 0 fully saturated rings. The van der Waals surface area contributed by atoms with E-state index in [1.54, 1.807) is 0 Å². The summed E-state index contributed by atoms with van der Waals surface area (Å²) in [6.45, 7) is 5.17. The number of para-hydroxylation sites is 1. The summed E-state index contributed by atoms with van der Waals surface area (Å²) >= 11 is 0. The minimum absolute atomic E-state index is 0.0523. The summed E-state index contributed by atoms with van der Waals surface area (Å²) in [6.07, 6.45) is 4.33. The van der Waals surface area contributed by atoms with Crippen LogP contribution >= 0.6 is 0 Å². The molecule has 3 heteroatoms. The molecule has 0 radical (unpaired) electrons. The lowest BCUT2D eigenvalue weighted by Crippen LogP contribution is -2.44. The maximum atomic E-state index is 12.6. The Balaban J connectivity index is 2.00. The first-order chi connectivity index (χ1) is 9.63. The van der Waals surface area contributed by atoms with Crippen molar-refractivity contribution in [3.8, 4) is 0 Å². The van der Waals surface area contributed by atoms with Crippen molar-refractivity contribution in [1.29, 1.82) is 0 Å². The van der Waals surface area contributed by atoms with Crippen LogP contribution in [0.5, 0.6) is 0 Å². The van der Waals surface area contributed by atoms with Crippen LogP contribution in [0.4, 0.5) is 5.69 Å². The van der Waals surface area contributed by atoms with Crippen LogP contribution in [0.2, 0.25) is 0 Å². The van der Waals surface area contributed by atoms with Gasteiger partial charge in [0, 0.05) is 25.3 Å². The zero-order valence-corrected chi connectivity index (χ0v) is 12.9. The highest BCUT2D eigenvalue weighted by Crippen LogP contribution is 2.29. The predicted octanol–water partition coefficient (Wildman–Crippen LogP) is 3.31. The number of carbonyl (C=O) groups is 1. The highest BCUT2D eigenvalue weighted by atomic mass is 16.2. The molecule has 2 rings (SSSR count). The number of amides is 1. The summed E-state index contributed by atoms with van der Waals surface area (Å²) in [5.74, 6) is 0.326. The van der Waals surface area contributed by atoms with Gasteiger partial charge in [0.05, 0.1) is 5.92 Å². The monoisotopic (exact) mass is 274 g/mol. The van der Waals surface area contributed by atoms with Gasteiger partial charge in [-0.1, -0.05) is 38.0 Å². The average molecular weight is 274 g/mol. The Morgan fingerprint density at radius 3 is 2.85 bits per heavy atom. The fraction of sp³-hybridized carbons (Fsp3) is 0.588. The molecular weight excluding hydrogens is 248 g/mol. The van der Waals surface area contributed by atoms with Crippen LogP contribution in [0.15, 0.2) is 24.3 Å². The summed E-state index contributed by atoms with van der Waals surface area (Å²) in [5.41, 5.74) is 2.43. The van der Waals surface area contributed by atoms with Gasteiger partial charge >= 0.3 is 0 Å². The number of hydrogen-bond acceptors (Lipinski definition) is 2. The van der Waals surface area contributed by atoms with Gasteiger partial charge in [-0.3, -0.25) is 4.79 Å². The number of rotatable bonds is 5. The number of nitrogens with one attached hydrogen (secondary N) is 1. The van der Waals surface area contributed by atoms with E-state index in [4.69, 9.17) is 0 Å². The average Bonchev–Trinajstić information content (AvgIpc) is 2.46. The third-order valence-corrected chi connectivity index (χ3v) is 4.23. The molecule has 1 heterocycles. The fourth-order valence-corrected chi connectivity index (χ4v) is 2.89. The second kappa shape index (κ2) is 6.78. The van der Waals surface area contributed by atoms with Gasteiger partial charge in [0.25, 0.3) is 0 Å². The minimum atomic E-state index is 0.0523. The minimum Gasteiger partial charge on any atom is -0.382 e. The summed E-state index contributed by atoms with van der Waals surface area (Å²) in [6, 6.07) is 8.50. The molecule has 1 aliphatic heterocycles. The molecule has 0 aliphatic carbocycles. The van der Waals surface area contributed by atoms with Crippen LogP contribution in [-0.2, 0) is 11.2 Å². The Labute approximate surface area is 122 Å². The summed E-state index contributed by atoms with van der Waals surface area (Å²) < 4.78 is 0. The molecule has 0 spiro atoms. The van der Waals surface area contributed by atoms with Crippen LogP contribution in [0.3, 0.4) is 0 Å². The molecule has 20 heavy (non-hydrogen) atoms. The third-order valence-electron chi connectivity index (χ3n) is 4.23. The fourth-order valence-electron chi connectivity index (χ4n) is 2.89. The molecule has 0 aromatic heterocycles. The molecule has 1 aliphatic rings. The van der Waals surface area contributed by atoms with Crippen molar-refractivity contribution in [3.05, 3.63) is 29.8 Å². The predicted molar refractivity (Wildman–Crippen MR) is 83.9 cm³/mol. The van der Waals surface area contributed by atoms with Gasteiger partial charge in [0.2, 0.25) is 5.91 Å². The van der Waals surface area contributed by atoms with Gasteiger partial charge < -0.3 is 10.2 Å². The molecule has 1 amide bonds. The summed E-state index contributed by atoms with van der Waals surface area (Å²) in [5, 5.41) is 3.47. The van der Waals surface area contributed by atoms with Crippen LogP contribution in [0.25, 0.3) is 0 Å². The molecule has 2 atom stereocenters. The quantitative estimate of drug-likeness (QED) is 0.836. The standard InChI is InChI=1S/C17H26N2O/c1-4-5-8-11-19(3)17(20)15-12-14-9-6-7-10-16(14)18-13(15)2/h6-7,9-10,13,15,18H,4-5,8,11-12H2,1-3H3. The number of carbonyl (C=O) groups excluding carboxylic acids is 1. The first kappa shape index (κ1) is 14.9. The number of unbranched alkanes of at least 4 members (excludes halogenated alkanes) is 2. The molecule has 110 valence electrons. The topological polar surface area (TPSA) is 32.3 Å². The SMILES string of the molecule is CCCCCN(C)C(=O)C1Cc2ccccc2NC1C. The smallest absolute Gasteiger partial charge is 0.227 e. The molecule has 2 unspecified atom stereocenters. The second-order valence-corrected chi connectivity index (χ2v) is 5.87. The molecule has 1 aromatic carbocycles. The number of benzene rings is 1. The summed E-state index contributed by atoms with van der Waals surface area (Å²) in [4.78, 5) is 14.5. The third kappa shape index (κ3) is 3.33. The number of hydrogen-bond donors (Lipinski definition) is 1. The molecule has 0 bridgehead atoms. The van der Waals surface area contributed by atoms with Gasteiger partial charge in [0.1, 0.15) is 0 Å². The number of fused-ring (bicyclic) bond motifs is 1. The van der Waals surface area contributed by atoms with E-state index in [9.17, 15) is 4.79 Å². The largest absolute Gasteiger partial charge is 0.382 e. The lowest BCUT2D eigenvalue weighted by Gasteiger charge is -2.34. The van der Waals surface area contributed by atoms with Crippen molar-refractivity contribution in [2.45, 2.75) is 45.6 Å². The lowest BCUT2D eigenvalue weighted by molar-refractivity contribution is -0.134. The van der Waals surface area contributed by atoms with Crippen molar-refractivity contribution >= 4 is 11.6 Å². The van der Waals surface area contributed by atoms with E-state index in [0.717, 1.165) is 19.4 Å². The van der Waals surface area contributed by atoms with Crippen LogP contribution in [-0.4, -0.2) is 30.4 Å². The van der Waals surface area contributed by atoms with Gasteiger partial charge in [-0.15, -0.1) is 0 Å². The van der Waals surface area contributed by atoms with E-state index in [2.05, 4.69) is 31.3 Å². The van der Waals surface area contributed by atoms with Gasteiger partial charge in [0.15, 0.2) is 0 Å². The molecule has 3 nitrogen and oxygen atoms in total. The first-order valence-electron chi connectivity index (χ1n) is 7.73. The highest BCUT2D eigenvalue weighted by molar-refractivity contribution is 5.81. The van der Waals surface area contributed by atoms with E-state index in [1.807, 2.05) is 24.1 Å². The highest BCUT2D eigenvalue weighted by Gasteiger charge is 2.31.